The molecule has 0 unspecified atom stereocenters. The molecule has 140 valence electrons. The van der Waals surface area contributed by atoms with Gasteiger partial charge in [-0.15, -0.1) is 0 Å². The van der Waals surface area contributed by atoms with Crippen LogP contribution in [0, 0.1) is 13.8 Å². The van der Waals surface area contributed by atoms with Crippen molar-refractivity contribution in [1.82, 2.24) is 20.0 Å². The molecular formula is C18H30N4O3. The summed E-state index contributed by atoms with van der Waals surface area (Å²) >= 11 is 0. The summed E-state index contributed by atoms with van der Waals surface area (Å²) in [6, 6.07) is 0.591. The van der Waals surface area contributed by atoms with Crippen LogP contribution in [-0.4, -0.2) is 70.2 Å². The summed E-state index contributed by atoms with van der Waals surface area (Å²) in [5.74, 6) is 0.111. The summed E-state index contributed by atoms with van der Waals surface area (Å²) in [6.07, 6.45) is 2.98. The zero-order chi connectivity index (χ0) is 18.0. The third-order valence-corrected chi connectivity index (χ3v) is 5.57. The Labute approximate surface area is 149 Å². The maximum atomic E-state index is 12.4. The minimum Gasteiger partial charge on any atom is -0.396 e. The van der Waals surface area contributed by atoms with Crippen LogP contribution in [0.15, 0.2) is 0 Å². The van der Waals surface area contributed by atoms with Gasteiger partial charge < -0.3 is 15.2 Å². The van der Waals surface area contributed by atoms with Crippen molar-refractivity contribution in [2.24, 2.45) is 7.05 Å². The van der Waals surface area contributed by atoms with E-state index in [0.29, 0.717) is 25.5 Å². The molecule has 1 aromatic rings. The van der Waals surface area contributed by atoms with Gasteiger partial charge in [-0.25, -0.2) is 0 Å². The monoisotopic (exact) mass is 350 g/mol. The van der Waals surface area contributed by atoms with Crippen molar-refractivity contribution in [3.8, 4) is 0 Å². The lowest BCUT2D eigenvalue weighted by atomic mass is 10.1. The number of aliphatic hydroxyl groups is 1. The summed E-state index contributed by atoms with van der Waals surface area (Å²) in [6.45, 7) is 6.64. The summed E-state index contributed by atoms with van der Waals surface area (Å²) in [5.41, 5.74) is 3.33. The smallest absolute Gasteiger partial charge is 0.220 e. The van der Waals surface area contributed by atoms with Crippen LogP contribution >= 0.6 is 0 Å². The Morgan fingerprint density at radius 1 is 1.40 bits per heavy atom. The van der Waals surface area contributed by atoms with Crippen molar-refractivity contribution in [2.75, 3.05) is 26.3 Å². The molecule has 3 heterocycles. The molecule has 3 rings (SSSR count). The molecule has 0 aliphatic carbocycles. The molecule has 25 heavy (non-hydrogen) atoms. The van der Waals surface area contributed by atoms with E-state index in [1.165, 1.54) is 5.56 Å². The van der Waals surface area contributed by atoms with Gasteiger partial charge in [0.15, 0.2) is 0 Å². The topological polar surface area (TPSA) is 79.6 Å². The fourth-order valence-corrected chi connectivity index (χ4v) is 4.08. The van der Waals surface area contributed by atoms with Gasteiger partial charge in [0.1, 0.15) is 0 Å². The molecule has 2 fully saturated rings. The molecule has 2 aliphatic rings. The van der Waals surface area contributed by atoms with Gasteiger partial charge in [0.2, 0.25) is 5.91 Å². The molecule has 0 spiro atoms. The first-order valence-corrected chi connectivity index (χ1v) is 9.23. The summed E-state index contributed by atoms with van der Waals surface area (Å²) < 4.78 is 7.67. The van der Waals surface area contributed by atoms with Crippen LogP contribution in [0.25, 0.3) is 0 Å². The van der Waals surface area contributed by atoms with Gasteiger partial charge in [0, 0.05) is 50.9 Å². The number of ether oxygens (including phenoxy) is 1. The Balaban J connectivity index is 1.46. The minimum atomic E-state index is 0.111. The number of rotatable bonds is 6. The highest BCUT2D eigenvalue weighted by Gasteiger charge is 2.37. The number of carbonyl (C=O) groups is 1. The number of carbonyl (C=O) groups excluding carboxylic acids is 1. The van der Waals surface area contributed by atoms with Crippen molar-refractivity contribution in [3.05, 3.63) is 17.0 Å². The van der Waals surface area contributed by atoms with Crippen LogP contribution in [0.4, 0.5) is 0 Å². The predicted octanol–water partition coefficient (Wildman–Crippen LogP) is 0.310. The molecular weight excluding hydrogens is 320 g/mol. The number of nitrogens with one attached hydrogen (secondary N) is 1. The van der Waals surface area contributed by atoms with Crippen LogP contribution < -0.4 is 5.32 Å². The summed E-state index contributed by atoms with van der Waals surface area (Å²) in [7, 11) is 1.94. The lowest BCUT2D eigenvalue weighted by Gasteiger charge is -2.34. The zero-order valence-corrected chi connectivity index (χ0v) is 15.5. The first-order chi connectivity index (χ1) is 12.0. The number of amides is 1. The molecule has 0 bridgehead atoms. The molecule has 2 saturated heterocycles. The van der Waals surface area contributed by atoms with E-state index < -0.39 is 0 Å². The molecule has 1 amide bonds. The SMILES string of the molecule is Cc1nn(C)c(C)c1CCC(=O)N[C@H]1C[C@H]2CO[C@@H](CCO)CN2C1. The van der Waals surface area contributed by atoms with Crippen LogP contribution in [0.2, 0.25) is 0 Å². The molecule has 0 aromatic carbocycles. The van der Waals surface area contributed by atoms with Crippen molar-refractivity contribution in [1.29, 1.82) is 0 Å². The van der Waals surface area contributed by atoms with Gasteiger partial charge in [-0.05, 0) is 38.7 Å². The lowest BCUT2D eigenvalue weighted by Crippen LogP contribution is -2.46. The fraction of sp³-hybridized carbons (Fsp3) is 0.778. The summed E-state index contributed by atoms with van der Waals surface area (Å²) in [5, 5.41) is 16.7. The Morgan fingerprint density at radius 2 is 2.20 bits per heavy atom. The normalized spacial score (nSPS) is 26.6. The second kappa shape index (κ2) is 7.85. The molecule has 2 N–H and O–H groups in total. The zero-order valence-electron chi connectivity index (χ0n) is 15.5. The molecule has 1 aromatic heterocycles. The first-order valence-electron chi connectivity index (χ1n) is 9.23. The van der Waals surface area contributed by atoms with Gasteiger partial charge in [-0.1, -0.05) is 0 Å². The third kappa shape index (κ3) is 4.22. The van der Waals surface area contributed by atoms with Crippen molar-refractivity contribution in [3.63, 3.8) is 0 Å². The average Bonchev–Trinajstić information content (AvgIpc) is 3.06. The summed E-state index contributed by atoms with van der Waals surface area (Å²) in [4.78, 5) is 14.7. The predicted molar refractivity (Wildman–Crippen MR) is 94.4 cm³/mol. The van der Waals surface area contributed by atoms with E-state index in [4.69, 9.17) is 9.84 Å². The van der Waals surface area contributed by atoms with E-state index in [1.54, 1.807) is 0 Å². The molecule has 2 aliphatic heterocycles. The quantitative estimate of drug-likeness (QED) is 0.772. The number of aliphatic hydroxyl groups excluding tert-OH is 1. The highest BCUT2D eigenvalue weighted by Crippen LogP contribution is 2.24. The molecule has 3 atom stereocenters. The van der Waals surface area contributed by atoms with Gasteiger partial charge in [0.25, 0.3) is 0 Å². The fourth-order valence-electron chi connectivity index (χ4n) is 4.08. The van der Waals surface area contributed by atoms with E-state index >= 15 is 0 Å². The van der Waals surface area contributed by atoms with Crippen LogP contribution in [0.5, 0.6) is 0 Å². The molecule has 0 radical (unpaired) electrons. The Morgan fingerprint density at radius 3 is 2.88 bits per heavy atom. The van der Waals surface area contributed by atoms with Gasteiger partial charge in [-0.2, -0.15) is 5.10 Å². The highest BCUT2D eigenvalue weighted by atomic mass is 16.5. The van der Waals surface area contributed by atoms with Crippen molar-refractivity contribution in [2.45, 2.75) is 57.7 Å². The third-order valence-electron chi connectivity index (χ3n) is 5.57. The number of aromatic nitrogens is 2. The first kappa shape index (κ1) is 18.4. The van der Waals surface area contributed by atoms with Gasteiger partial charge in [0.05, 0.1) is 18.4 Å². The standard InChI is InChI=1S/C18H30N4O3/c1-12-17(13(2)21(3)20-12)4-5-18(24)19-14-8-15-11-25-16(6-7-23)10-22(15)9-14/h14-16,23H,4-11H2,1-3H3,(H,19,24)/t14-,15-,16-/m0/s1. The van der Waals surface area contributed by atoms with E-state index in [1.807, 2.05) is 25.6 Å². The number of hydrogen-bond acceptors (Lipinski definition) is 5. The second-order valence-corrected chi connectivity index (χ2v) is 7.35. The van der Waals surface area contributed by atoms with Crippen LogP contribution in [0.3, 0.4) is 0 Å². The van der Waals surface area contributed by atoms with E-state index in [-0.39, 0.29) is 24.7 Å². The largest absolute Gasteiger partial charge is 0.396 e. The molecule has 7 nitrogen and oxygen atoms in total. The average molecular weight is 350 g/mol. The maximum absolute atomic E-state index is 12.4. The Kier molecular flexibility index (Phi) is 5.76. The van der Waals surface area contributed by atoms with Crippen molar-refractivity contribution < 1.29 is 14.6 Å². The van der Waals surface area contributed by atoms with Crippen molar-refractivity contribution >= 4 is 5.91 Å². The number of nitrogens with zero attached hydrogens (tertiary/aromatic N) is 3. The minimum absolute atomic E-state index is 0.111. The number of morpholine rings is 1. The van der Waals surface area contributed by atoms with E-state index in [0.717, 1.165) is 37.3 Å². The number of hydrogen-bond donors (Lipinski definition) is 2. The van der Waals surface area contributed by atoms with Crippen LogP contribution in [-0.2, 0) is 23.0 Å². The highest BCUT2D eigenvalue weighted by molar-refractivity contribution is 5.76. The van der Waals surface area contributed by atoms with Gasteiger partial charge in [-0.3, -0.25) is 14.4 Å². The second-order valence-electron chi connectivity index (χ2n) is 7.35. The molecule has 7 heteroatoms. The lowest BCUT2D eigenvalue weighted by molar-refractivity contribution is -0.121. The Hall–Kier alpha value is -1.44. The number of fused-ring (bicyclic) bond motifs is 1. The number of aryl methyl sites for hydroxylation is 2. The maximum Gasteiger partial charge on any atom is 0.220 e. The Bertz CT molecular complexity index is 616. The molecule has 0 saturated carbocycles. The van der Waals surface area contributed by atoms with E-state index in [2.05, 4.69) is 15.3 Å². The van der Waals surface area contributed by atoms with Crippen LogP contribution in [0.1, 0.15) is 36.2 Å². The van der Waals surface area contributed by atoms with Gasteiger partial charge >= 0.3 is 0 Å². The van der Waals surface area contributed by atoms with E-state index in [9.17, 15) is 4.79 Å².